The molecule has 0 aliphatic carbocycles. The van der Waals surface area contributed by atoms with Gasteiger partial charge in [0.25, 0.3) is 0 Å². The van der Waals surface area contributed by atoms with Crippen molar-refractivity contribution in [2.24, 2.45) is 5.73 Å². The van der Waals surface area contributed by atoms with Crippen molar-refractivity contribution >= 4 is 11.9 Å². The Kier molecular flexibility index (Phi) is 2.71. The maximum atomic E-state index is 11.0. The minimum atomic E-state index is -0.547. The maximum absolute atomic E-state index is 11.0. The molecule has 5 nitrogen and oxygen atoms in total. The molecule has 1 rings (SSSR count). The standard InChI is InChI=1S/C7H10N4O/c1-5(8)6(12)11-7-9-3-2-4-10-7/h2-5H,8H2,1H3,(H,9,10,11,12)/t5-/m0/s1. The average Bonchev–Trinajstić information content (AvgIpc) is 2.06. The second-order valence-electron chi connectivity index (χ2n) is 2.35. The van der Waals surface area contributed by atoms with E-state index in [2.05, 4.69) is 15.3 Å². The van der Waals surface area contributed by atoms with Crippen molar-refractivity contribution in [1.29, 1.82) is 0 Å². The lowest BCUT2D eigenvalue weighted by Gasteiger charge is -2.04. The van der Waals surface area contributed by atoms with Gasteiger partial charge in [0.2, 0.25) is 11.9 Å². The normalized spacial score (nSPS) is 12.2. The quantitative estimate of drug-likeness (QED) is 0.635. The fourth-order valence-electron chi connectivity index (χ4n) is 0.588. The molecule has 0 spiro atoms. The summed E-state index contributed by atoms with van der Waals surface area (Å²) in [5.41, 5.74) is 5.32. The van der Waals surface area contributed by atoms with Gasteiger partial charge >= 0.3 is 0 Å². The van der Waals surface area contributed by atoms with Gasteiger partial charge in [-0.05, 0) is 13.0 Å². The van der Waals surface area contributed by atoms with Crippen LogP contribution in [0.5, 0.6) is 0 Å². The summed E-state index contributed by atoms with van der Waals surface area (Å²) in [4.78, 5) is 18.6. The summed E-state index contributed by atoms with van der Waals surface area (Å²) in [5.74, 6) is -0.0130. The van der Waals surface area contributed by atoms with Crippen LogP contribution < -0.4 is 11.1 Å². The largest absolute Gasteiger partial charge is 0.320 e. The summed E-state index contributed by atoms with van der Waals surface area (Å²) in [6.07, 6.45) is 3.09. The molecule has 0 unspecified atom stereocenters. The zero-order chi connectivity index (χ0) is 8.97. The van der Waals surface area contributed by atoms with E-state index in [1.807, 2.05) is 0 Å². The molecule has 0 saturated heterocycles. The van der Waals surface area contributed by atoms with Gasteiger partial charge in [0.15, 0.2) is 0 Å². The van der Waals surface area contributed by atoms with E-state index >= 15 is 0 Å². The average molecular weight is 166 g/mol. The molecule has 1 aromatic rings. The number of anilines is 1. The van der Waals surface area contributed by atoms with Gasteiger partial charge in [0.05, 0.1) is 6.04 Å². The first kappa shape index (κ1) is 8.61. The van der Waals surface area contributed by atoms with Crippen molar-refractivity contribution in [1.82, 2.24) is 9.97 Å². The van der Waals surface area contributed by atoms with Gasteiger partial charge in [-0.15, -0.1) is 0 Å². The van der Waals surface area contributed by atoms with Crippen LogP contribution in [0.15, 0.2) is 18.5 Å². The molecule has 0 fully saturated rings. The predicted octanol–water partition coefficient (Wildman–Crippen LogP) is -0.238. The number of rotatable bonds is 2. The predicted molar refractivity (Wildman–Crippen MR) is 44.3 cm³/mol. The first-order valence-electron chi connectivity index (χ1n) is 3.53. The molecular weight excluding hydrogens is 156 g/mol. The summed E-state index contributed by atoms with van der Waals surface area (Å²) in [7, 11) is 0. The third-order valence-corrected chi connectivity index (χ3v) is 1.21. The molecule has 1 amide bonds. The van der Waals surface area contributed by atoms with Crippen LogP contribution >= 0.6 is 0 Å². The van der Waals surface area contributed by atoms with E-state index in [-0.39, 0.29) is 11.9 Å². The number of hydrogen-bond acceptors (Lipinski definition) is 4. The van der Waals surface area contributed by atoms with Crippen LogP contribution in [0.1, 0.15) is 6.92 Å². The van der Waals surface area contributed by atoms with E-state index in [9.17, 15) is 4.79 Å². The number of nitrogens with zero attached hydrogens (tertiary/aromatic N) is 2. The lowest BCUT2D eigenvalue weighted by atomic mass is 10.3. The lowest BCUT2D eigenvalue weighted by Crippen LogP contribution is -2.33. The van der Waals surface area contributed by atoms with E-state index < -0.39 is 6.04 Å². The Labute approximate surface area is 70.0 Å². The zero-order valence-electron chi connectivity index (χ0n) is 6.69. The van der Waals surface area contributed by atoms with E-state index in [1.54, 1.807) is 25.4 Å². The number of amides is 1. The second kappa shape index (κ2) is 3.77. The SMILES string of the molecule is C[C@H](N)C(=O)Nc1ncccn1. The third-order valence-electron chi connectivity index (χ3n) is 1.21. The van der Waals surface area contributed by atoms with Crippen molar-refractivity contribution in [3.63, 3.8) is 0 Å². The maximum Gasteiger partial charge on any atom is 0.243 e. The number of aromatic nitrogens is 2. The number of nitrogens with two attached hydrogens (primary N) is 1. The van der Waals surface area contributed by atoms with Crippen LogP contribution in [0.25, 0.3) is 0 Å². The Morgan fingerprint density at radius 3 is 2.67 bits per heavy atom. The van der Waals surface area contributed by atoms with Gasteiger partial charge in [0.1, 0.15) is 0 Å². The molecule has 1 aromatic heterocycles. The van der Waals surface area contributed by atoms with Crippen molar-refractivity contribution in [2.75, 3.05) is 5.32 Å². The molecule has 5 heteroatoms. The Morgan fingerprint density at radius 1 is 1.58 bits per heavy atom. The van der Waals surface area contributed by atoms with Crippen molar-refractivity contribution < 1.29 is 4.79 Å². The van der Waals surface area contributed by atoms with E-state index in [0.717, 1.165) is 0 Å². The minimum Gasteiger partial charge on any atom is -0.320 e. The number of carbonyl (C=O) groups excluding carboxylic acids is 1. The van der Waals surface area contributed by atoms with Crippen LogP contribution in [0, 0.1) is 0 Å². The summed E-state index contributed by atoms with van der Waals surface area (Å²) in [6.45, 7) is 1.60. The van der Waals surface area contributed by atoms with Gasteiger partial charge in [-0.1, -0.05) is 0 Å². The molecule has 0 bridgehead atoms. The number of hydrogen-bond donors (Lipinski definition) is 2. The van der Waals surface area contributed by atoms with Crippen LogP contribution in [0.3, 0.4) is 0 Å². The van der Waals surface area contributed by atoms with Crippen LogP contribution in [0.2, 0.25) is 0 Å². The van der Waals surface area contributed by atoms with Crippen molar-refractivity contribution in [3.8, 4) is 0 Å². The summed E-state index contributed by atoms with van der Waals surface area (Å²) in [6, 6.07) is 1.12. The molecule has 0 radical (unpaired) electrons. The highest BCUT2D eigenvalue weighted by Gasteiger charge is 2.07. The van der Waals surface area contributed by atoms with Gasteiger partial charge in [-0.25, -0.2) is 9.97 Å². The third kappa shape index (κ3) is 2.28. The van der Waals surface area contributed by atoms with Gasteiger partial charge in [-0.3, -0.25) is 10.1 Å². The summed E-state index contributed by atoms with van der Waals surface area (Å²) < 4.78 is 0. The molecule has 0 saturated carbocycles. The summed E-state index contributed by atoms with van der Waals surface area (Å²) >= 11 is 0. The molecule has 3 N–H and O–H groups in total. The Bertz CT molecular complexity index is 259. The fraction of sp³-hybridized carbons (Fsp3) is 0.286. The topological polar surface area (TPSA) is 80.9 Å². The molecule has 64 valence electrons. The van der Waals surface area contributed by atoms with Crippen LogP contribution in [-0.2, 0) is 4.79 Å². The Hall–Kier alpha value is -1.49. The number of carbonyl (C=O) groups is 1. The fourth-order valence-corrected chi connectivity index (χ4v) is 0.588. The molecule has 0 aliphatic rings. The highest BCUT2D eigenvalue weighted by molar-refractivity contribution is 5.92. The van der Waals surface area contributed by atoms with Crippen LogP contribution in [-0.4, -0.2) is 21.9 Å². The van der Waals surface area contributed by atoms with Crippen molar-refractivity contribution in [2.45, 2.75) is 13.0 Å². The van der Waals surface area contributed by atoms with E-state index in [0.29, 0.717) is 0 Å². The lowest BCUT2D eigenvalue weighted by molar-refractivity contribution is -0.117. The first-order valence-corrected chi connectivity index (χ1v) is 3.53. The van der Waals surface area contributed by atoms with Gasteiger partial charge in [0, 0.05) is 12.4 Å². The van der Waals surface area contributed by atoms with Crippen LogP contribution in [0.4, 0.5) is 5.95 Å². The minimum absolute atomic E-state index is 0.278. The Morgan fingerprint density at radius 2 is 2.17 bits per heavy atom. The number of nitrogens with one attached hydrogen (secondary N) is 1. The van der Waals surface area contributed by atoms with Crippen molar-refractivity contribution in [3.05, 3.63) is 18.5 Å². The molecule has 0 aliphatic heterocycles. The molecule has 0 aromatic carbocycles. The zero-order valence-corrected chi connectivity index (χ0v) is 6.69. The molecule has 1 heterocycles. The van der Waals surface area contributed by atoms with E-state index in [4.69, 9.17) is 5.73 Å². The van der Waals surface area contributed by atoms with Gasteiger partial charge < -0.3 is 5.73 Å². The molecule has 12 heavy (non-hydrogen) atoms. The highest BCUT2D eigenvalue weighted by atomic mass is 16.2. The highest BCUT2D eigenvalue weighted by Crippen LogP contribution is 1.94. The molecule has 1 atom stereocenters. The monoisotopic (exact) mass is 166 g/mol. The Balaban J connectivity index is 2.59. The smallest absolute Gasteiger partial charge is 0.243 e. The first-order chi connectivity index (χ1) is 5.70. The second-order valence-corrected chi connectivity index (χ2v) is 2.35. The summed E-state index contributed by atoms with van der Waals surface area (Å²) in [5, 5.41) is 2.46. The van der Waals surface area contributed by atoms with Gasteiger partial charge in [-0.2, -0.15) is 0 Å². The van der Waals surface area contributed by atoms with E-state index in [1.165, 1.54) is 0 Å². The molecular formula is C7H10N4O.